The molecule has 1 fully saturated rings. The van der Waals surface area contributed by atoms with Gasteiger partial charge in [0.05, 0.1) is 5.56 Å². The Morgan fingerprint density at radius 1 is 1.03 bits per heavy atom. The highest BCUT2D eigenvalue weighted by molar-refractivity contribution is 5.43. The topological polar surface area (TPSA) is 56.6 Å². The molecule has 1 aromatic heterocycles. The lowest BCUT2D eigenvalue weighted by molar-refractivity contribution is -0.138. The number of hydrogen-bond donors (Lipinski definition) is 0. The number of benzene rings is 2. The lowest BCUT2D eigenvalue weighted by Crippen LogP contribution is -2.35. The van der Waals surface area contributed by atoms with Gasteiger partial charge >= 0.3 is 11.9 Å². The van der Waals surface area contributed by atoms with Gasteiger partial charge in [0.1, 0.15) is 18.2 Å². The summed E-state index contributed by atoms with van der Waals surface area (Å²) in [6.45, 7) is 2.97. The molecule has 1 aliphatic rings. The standard InChI is InChI=1S/C25H25F4N3O3/c1-16-6-8-18(13-19(16)25(27,28)29)35-21-9-7-17(12-20(21)26)15-34-22-14-23(31(2)24(33)30-22)32-10-4-3-5-11-32/h6-9,12-14H,3-5,10-11,15H2,1-2H3. The SMILES string of the molecule is Cc1ccc(Oc2ccc(COc3cc(N4CCCCC4)n(C)c(=O)n3)cc2F)cc1C(F)(F)F. The molecule has 2 heterocycles. The summed E-state index contributed by atoms with van der Waals surface area (Å²) >= 11 is 0. The maximum atomic E-state index is 14.6. The number of piperidine rings is 1. The molecular weight excluding hydrogens is 466 g/mol. The molecule has 3 aromatic rings. The minimum Gasteiger partial charge on any atom is -0.473 e. The number of rotatable bonds is 6. The van der Waals surface area contributed by atoms with Crippen LogP contribution in [0.1, 0.15) is 36.0 Å². The van der Waals surface area contributed by atoms with Crippen LogP contribution in [0.15, 0.2) is 47.3 Å². The van der Waals surface area contributed by atoms with Gasteiger partial charge in [0.25, 0.3) is 0 Å². The van der Waals surface area contributed by atoms with E-state index in [1.165, 1.54) is 41.8 Å². The maximum absolute atomic E-state index is 14.6. The zero-order chi connectivity index (χ0) is 25.2. The molecular formula is C25H25F4N3O3. The Labute approximate surface area is 199 Å². The smallest absolute Gasteiger partial charge is 0.416 e. The summed E-state index contributed by atoms with van der Waals surface area (Å²) in [7, 11) is 1.66. The van der Waals surface area contributed by atoms with Crippen LogP contribution in [-0.4, -0.2) is 22.6 Å². The highest BCUT2D eigenvalue weighted by Crippen LogP contribution is 2.35. The van der Waals surface area contributed by atoms with Gasteiger partial charge in [-0.1, -0.05) is 12.1 Å². The van der Waals surface area contributed by atoms with Crippen LogP contribution >= 0.6 is 0 Å². The summed E-state index contributed by atoms with van der Waals surface area (Å²) in [6, 6.07) is 9.17. The van der Waals surface area contributed by atoms with Gasteiger partial charge in [0, 0.05) is 26.2 Å². The average molecular weight is 491 g/mol. The highest BCUT2D eigenvalue weighted by Gasteiger charge is 2.32. The minimum atomic E-state index is -4.54. The number of nitrogens with zero attached hydrogens (tertiary/aromatic N) is 3. The van der Waals surface area contributed by atoms with E-state index in [2.05, 4.69) is 9.88 Å². The average Bonchev–Trinajstić information content (AvgIpc) is 2.82. The quantitative estimate of drug-likeness (QED) is 0.420. The van der Waals surface area contributed by atoms with Gasteiger partial charge in [0.2, 0.25) is 5.88 Å². The molecule has 0 radical (unpaired) electrons. The number of aryl methyl sites for hydroxylation is 1. The molecule has 0 saturated carbocycles. The van der Waals surface area contributed by atoms with Crippen LogP contribution in [0.3, 0.4) is 0 Å². The first-order valence-electron chi connectivity index (χ1n) is 11.2. The molecule has 1 aliphatic heterocycles. The van der Waals surface area contributed by atoms with Crippen molar-refractivity contribution in [3.8, 4) is 17.4 Å². The minimum absolute atomic E-state index is 0.0469. The first-order chi connectivity index (χ1) is 16.6. The fourth-order valence-corrected chi connectivity index (χ4v) is 3.98. The van der Waals surface area contributed by atoms with Crippen molar-refractivity contribution >= 4 is 5.82 Å². The van der Waals surface area contributed by atoms with E-state index in [1.54, 1.807) is 13.1 Å². The molecule has 0 N–H and O–H groups in total. The zero-order valence-electron chi connectivity index (χ0n) is 19.4. The Morgan fingerprint density at radius 3 is 2.46 bits per heavy atom. The Balaban J connectivity index is 1.46. The second kappa shape index (κ2) is 9.97. The van der Waals surface area contributed by atoms with Crippen molar-refractivity contribution in [1.82, 2.24) is 9.55 Å². The van der Waals surface area contributed by atoms with Gasteiger partial charge in [-0.2, -0.15) is 18.2 Å². The van der Waals surface area contributed by atoms with E-state index >= 15 is 0 Å². The monoisotopic (exact) mass is 491 g/mol. The van der Waals surface area contributed by atoms with E-state index in [4.69, 9.17) is 9.47 Å². The lowest BCUT2D eigenvalue weighted by atomic mass is 10.1. The van der Waals surface area contributed by atoms with Crippen molar-refractivity contribution < 1.29 is 27.0 Å². The van der Waals surface area contributed by atoms with Crippen molar-refractivity contribution in [2.75, 3.05) is 18.0 Å². The van der Waals surface area contributed by atoms with Crippen molar-refractivity contribution in [1.29, 1.82) is 0 Å². The van der Waals surface area contributed by atoms with Crippen LogP contribution in [0.2, 0.25) is 0 Å². The Morgan fingerprint density at radius 2 is 1.77 bits per heavy atom. The van der Waals surface area contributed by atoms with Gasteiger partial charge in [-0.25, -0.2) is 9.18 Å². The normalized spacial score (nSPS) is 14.2. The number of ether oxygens (including phenoxy) is 2. The molecule has 6 nitrogen and oxygen atoms in total. The molecule has 0 aliphatic carbocycles. The second-order valence-electron chi connectivity index (χ2n) is 8.47. The molecule has 0 unspecified atom stereocenters. The molecule has 2 aromatic carbocycles. The van der Waals surface area contributed by atoms with Crippen LogP contribution < -0.4 is 20.1 Å². The first-order valence-corrected chi connectivity index (χ1v) is 11.2. The molecule has 1 saturated heterocycles. The maximum Gasteiger partial charge on any atom is 0.416 e. The van der Waals surface area contributed by atoms with Crippen LogP contribution in [0.5, 0.6) is 17.4 Å². The van der Waals surface area contributed by atoms with Gasteiger partial charge in [-0.05, 0) is 61.6 Å². The van der Waals surface area contributed by atoms with Crippen molar-refractivity contribution in [2.24, 2.45) is 7.05 Å². The Kier molecular flexibility index (Phi) is 7.00. The Bertz CT molecular complexity index is 1270. The molecule has 0 amide bonds. The number of anilines is 1. The molecule has 0 spiro atoms. The fraction of sp³-hybridized carbons (Fsp3) is 0.360. The predicted octanol–water partition coefficient (Wildman–Crippen LogP) is 5.61. The van der Waals surface area contributed by atoms with Crippen LogP contribution in [0.4, 0.5) is 23.4 Å². The number of alkyl halides is 3. The number of aromatic nitrogens is 2. The van der Waals surface area contributed by atoms with Crippen molar-refractivity contribution in [3.63, 3.8) is 0 Å². The molecule has 4 rings (SSSR count). The van der Waals surface area contributed by atoms with Gasteiger partial charge < -0.3 is 14.4 Å². The summed E-state index contributed by atoms with van der Waals surface area (Å²) in [5.41, 5.74) is -0.803. The van der Waals surface area contributed by atoms with Gasteiger partial charge in [0.15, 0.2) is 11.6 Å². The van der Waals surface area contributed by atoms with Crippen molar-refractivity contribution in [3.05, 3.63) is 75.5 Å². The van der Waals surface area contributed by atoms with E-state index in [9.17, 15) is 22.4 Å². The highest BCUT2D eigenvalue weighted by atomic mass is 19.4. The second-order valence-corrected chi connectivity index (χ2v) is 8.47. The van der Waals surface area contributed by atoms with Crippen LogP contribution in [0, 0.1) is 12.7 Å². The molecule has 0 bridgehead atoms. The summed E-state index contributed by atoms with van der Waals surface area (Å²) in [4.78, 5) is 18.3. The van der Waals surface area contributed by atoms with E-state index in [0.29, 0.717) is 11.4 Å². The van der Waals surface area contributed by atoms with E-state index < -0.39 is 23.2 Å². The zero-order valence-corrected chi connectivity index (χ0v) is 19.4. The number of halogens is 4. The van der Waals surface area contributed by atoms with Gasteiger partial charge in [-0.3, -0.25) is 4.57 Å². The Hall–Kier alpha value is -3.56. The summed E-state index contributed by atoms with van der Waals surface area (Å²) < 4.78 is 66.5. The van der Waals surface area contributed by atoms with Crippen LogP contribution in [-0.2, 0) is 19.8 Å². The third kappa shape index (κ3) is 5.75. The molecule has 10 heteroatoms. The number of hydrogen-bond acceptors (Lipinski definition) is 5. The summed E-state index contributed by atoms with van der Waals surface area (Å²) in [6.07, 6.45) is -1.30. The first kappa shape index (κ1) is 24.6. The predicted molar refractivity (Wildman–Crippen MR) is 123 cm³/mol. The summed E-state index contributed by atoms with van der Waals surface area (Å²) in [5, 5.41) is 0. The van der Waals surface area contributed by atoms with Crippen molar-refractivity contribution in [2.45, 2.75) is 39.0 Å². The fourth-order valence-electron chi connectivity index (χ4n) is 3.98. The third-order valence-corrected chi connectivity index (χ3v) is 5.89. The molecule has 186 valence electrons. The summed E-state index contributed by atoms with van der Waals surface area (Å²) in [5.74, 6) is -0.254. The third-order valence-electron chi connectivity index (χ3n) is 5.89. The van der Waals surface area contributed by atoms with E-state index in [1.807, 2.05) is 0 Å². The van der Waals surface area contributed by atoms with E-state index in [0.717, 1.165) is 38.4 Å². The van der Waals surface area contributed by atoms with Crippen LogP contribution in [0.25, 0.3) is 0 Å². The lowest BCUT2D eigenvalue weighted by Gasteiger charge is -2.29. The molecule has 0 atom stereocenters. The van der Waals surface area contributed by atoms with Gasteiger partial charge in [-0.15, -0.1) is 0 Å². The van der Waals surface area contributed by atoms with E-state index in [-0.39, 0.29) is 29.5 Å². The molecule has 35 heavy (non-hydrogen) atoms. The largest absolute Gasteiger partial charge is 0.473 e.